The van der Waals surface area contributed by atoms with Gasteiger partial charge in [0.05, 0.1) is 0 Å². The van der Waals surface area contributed by atoms with E-state index in [0.29, 0.717) is 31.5 Å². The maximum atomic E-state index is 11.1. The summed E-state index contributed by atoms with van der Waals surface area (Å²) in [5.74, 6) is -2.89. The van der Waals surface area contributed by atoms with E-state index in [1.54, 1.807) is 38.1 Å². The number of carboxylic acids is 2. The first kappa shape index (κ1) is 21.0. The molecule has 2 aromatic rings. The molecule has 2 rings (SSSR count). The quantitative estimate of drug-likeness (QED) is 0.372. The van der Waals surface area contributed by atoms with Crippen LogP contribution in [0.25, 0.3) is 0 Å². The van der Waals surface area contributed by atoms with Crippen LogP contribution < -0.4 is 0 Å². The second-order valence-electron chi connectivity index (χ2n) is 6.26. The van der Waals surface area contributed by atoms with Gasteiger partial charge in [0.15, 0.2) is 0 Å². The van der Waals surface area contributed by atoms with Crippen molar-refractivity contribution in [1.29, 1.82) is 0 Å². The zero-order chi connectivity index (χ0) is 20.1. The second-order valence-corrected chi connectivity index (χ2v) is 8.88. The molecular weight excluding hydrogens is 533 g/mol. The monoisotopic (exact) mass is 555 g/mol. The molecule has 0 aliphatic carbocycles. The van der Waals surface area contributed by atoms with Crippen LogP contribution in [0.4, 0.5) is 0 Å². The van der Waals surface area contributed by atoms with E-state index >= 15 is 0 Å². The fraction of sp³-hybridized carbons (Fsp3) is 0.300. The number of benzene rings is 2. The van der Waals surface area contributed by atoms with E-state index in [0.717, 1.165) is 0 Å². The molecule has 2 unspecified atom stereocenters. The summed E-state index contributed by atoms with van der Waals surface area (Å²) < 4.78 is 1.20. The van der Waals surface area contributed by atoms with E-state index in [1.165, 1.54) is 12.1 Å². The molecule has 0 aliphatic rings. The molecule has 4 N–H and O–H groups in total. The van der Waals surface area contributed by atoms with Crippen molar-refractivity contribution in [3.63, 3.8) is 0 Å². The summed E-state index contributed by atoms with van der Waals surface area (Å²) in [4.78, 5) is 22.3. The van der Waals surface area contributed by atoms with Crippen LogP contribution in [-0.4, -0.2) is 32.4 Å². The number of carboxylic acid groups (broad SMARTS) is 2. The van der Waals surface area contributed by atoms with Gasteiger partial charge in [0.25, 0.3) is 0 Å². The molecular formula is C20H22AuO6. The van der Waals surface area contributed by atoms with E-state index in [-0.39, 0.29) is 31.3 Å². The van der Waals surface area contributed by atoms with E-state index in [2.05, 4.69) is 0 Å². The number of phenols is 2. The van der Waals surface area contributed by atoms with Crippen LogP contribution in [-0.2, 0) is 38.6 Å². The van der Waals surface area contributed by atoms with Gasteiger partial charge in [-0.15, -0.1) is 0 Å². The molecule has 27 heavy (non-hydrogen) atoms. The SMILES string of the molecule is CC(C(=O)O)c1ccc(O)c([CH2][Au][CH2]c2cc(C(C)C(=O)O)ccc2O)c1. The van der Waals surface area contributed by atoms with Gasteiger partial charge in [-0.2, -0.15) is 0 Å². The Morgan fingerprint density at radius 1 is 0.815 bits per heavy atom. The van der Waals surface area contributed by atoms with Gasteiger partial charge in [-0.05, 0) is 0 Å². The summed E-state index contributed by atoms with van der Waals surface area (Å²) >= 11 is -0.352. The average Bonchev–Trinajstić information content (AvgIpc) is 2.63. The maximum absolute atomic E-state index is 11.1. The summed E-state index contributed by atoms with van der Waals surface area (Å²) in [6.07, 6.45) is 0. The number of carbonyl (C=O) groups is 2. The first-order valence-corrected chi connectivity index (χ1v) is 11.3. The summed E-state index contributed by atoms with van der Waals surface area (Å²) in [6.45, 7) is 3.19. The van der Waals surface area contributed by atoms with E-state index in [1.807, 2.05) is 0 Å². The molecule has 7 heteroatoms. The molecule has 0 aromatic heterocycles. The third kappa shape index (κ3) is 5.35. The molecule has 0 bridgehead atoms. The summed E-state index contributed by atoms with van der Waals surface area (Å²) in [5, 5.41) is 38.3. The molecule has 0 aliphatic heterocycles. The Hall–Kier alpha value is -2.28. The molecule has 0 saturated heterocycles. The van der Waals surface area contributed by atoms with E-state index in [4.69, 9.17) is 10.2 Å². The molecule has 0 amide bonds. The number of aliphatic carboxylic acids is 2. The molecule has 6 nitrogen and oxygen atoms in total. The second kappa shape index (κ2) is 9.08. The van der Waals surface area contributed by atoms with Crippen LogP contribution >= 0.6 is 0 Å². The molecule has 0 heterocycles. The summed E-state index contributed by atoms with van der Waals surface area (Å²) in [7, 11) is 0. The molecule has 0 fully saturated rings. The topological polar surface area (TPSA) is 115 Å². The van der Waals surface area contributed by atoms with Gasteiger partial charge < -0.3 is 0 Å². The predicted molar refractivity (Wildman–Crippen MR) is 95.7 cm³/mol. The van der Waals surface area contributed by atoms with Crippen LogP contribution in [0.5, 0.6) is 11.5 Å². The van der Waals surface area contributed by atoms with Crippen molar-refractivity contribution >= 4 is 11.9 Å². The average molecular weight is 555 g/mol. The fourth-order valence-electron chi connectivity index (χ4n) is 2.41. The van der Waals surface area contributed by atoms with Gasteiger partial charge in [-0.25, -0.2) is 0 Å². The van der Waals surface area contributed by atoms with Crippen LogP contribution in [0.15, 0.2) is 36.4 Å². The zero-order valence-corrected chi connectivity index (χ0v) is 17.1. The van der Waals surface area contributed by atoms with Crippen LogP contribution in [0.3, 0.4) is 0 Å². The van der Waals surface area contributed by atoms with Gasteiger partial charge in [0.1, 0.15) is 0 Å². The van der Waals surface area contributed by atoms with Crippen LogP contribution in [0.2, 0.25) is 0 Å². The van der Waals surface area contributed by atoms with Crippen molar-refractivity contribution in [2.45, 2.75) is 35.0 Å². The van der Waals surface area contributed by atoms with E-state index in [9.17, 15) is 19.8 Å². The molecule has 0 spiro atoms. The minimum atomic E-state index is -0.922. The van der Waals surface area contributed by atoms with E-state index < -0.39 is 23.8 Å². The van der Waals surface area contributed by atoms with Gasteiger partial charge in [-0.3, -0.25) is 0 Å². The molecule has 149 valence electrons. The Bertz CT molecular complexity index is 779. The van der Waals surface area contributed by atoms with Gasteiger partial charge >= 0.3 is 167 Å². The molecule has 0 radical (unpaired) electrons. The van der Waals surface area contributed by atoms with Crippen molar-refractivity contribution in [1.82, 2.24) is 0 Å². The van der Waals surface area contributed by atoms with Crippen molar-refractivity contribution < 1.29 is 49.8 Å². The normalized spacial score (nSPS) is 13.3. The first-order valence-electron chi connectivity index (χ1n) is 8.22. The fourth-order valence-corrected chi connectivity index (χ4v) is 5.07. The molecule has 2 atom stereocenters. The predicted octanol–water partition coefficient (Wildman–Crippen LogP) is 3.26. The number of rotatable bonds is 8. The number of hydrogen-bond donors (Lipinski definition) is 4. The van der Waals surface area contributed by atoms with Crippen molar-refractivity contribution in [2.75, 3.05) is 0 Å². The van der Waals surface area contributed by atoms with Gasteiger partial charge in [0, 0.05) is 0 Å². The Kier molecular flexibility index (Phi) is 7.07. The number of hydrogen-bond acceptors (Lipinski definition) is 4. The van der Waals surface area contributed by atoms with Crippen LogP contribution in [0.1, 0.15) is 47.9 Å². The molecule has 2 aromatic carbocycles. The Morgan fingerprint density at radius 3 is 1.52 bits per heavy atom. The molecule has 0 saturated carbocycles. The summed E-state index contributed by atoms with van der Waals surface area (Å²) in [6, 6.07) is 9.67. The Balaban J connectivity index is 2.10. The third-order valence-corrected chi connectivity index (χ3v) is 7.06. The van der Waals surface area contributed by atoms with Crippen molar-refractivity contribution in [3.8, 4) is 11.5 Å². The van der Waals surface area contributed by atoms with Crippen molar-refractivity contribution in [2.24, 2.45) is 0 Å². The van der Waals surface area contributed by atoms with Gasteiger partial charge in [-0.1, -0.05) is 0 Å². The minimum absolute atomic E-state index is 0.130. The third-order valence-electron chi connectivity index (χ3n) is 4.33. The Morgan fingerprint density at radius 2 is 1.19 bits per heavy atom. The van der Waals surface area contributed by atoms with Gasteiger partial charge in [0.2, 0.25) is 0 Å². The zero-order valence-electron chi connectivity index (χ0n) is 14.9. The standard InChI is InChI=1S/2C10H11O3.Au/c2*1-6-5-8(3-4-9(6)11)7(2)10(12)13;/h2*3-5,7,11H,1H2,2H3,(H,12,13);. The number of phenolic OH excluding ortho intramolecular Hbond substituents is 2. The van der Waals surface area contributed by atoms with Crippen molar-refractivity contribution in [3.05, 3.63) is 58.7 Å². The van der Waals surface area contributed by atoms with Crippen LogP contribution in [0, 0.1) is 0 Å². The first-order chi connectivity index (χ1) is 12.7. The summed E-state index contributed by atoms with van der Waals surface area (Å²) in [5.41, 5.74) is 2.66. The Labute approximate surface area is 166 Å². The number of aromatic hydroxyl groups is 2.